The number of carbonyl (C=O) groups is 3. The SMILES string of the molecule is CC(CC(C(N)=O)N1Cc2c(O)cccc2C1=O)C(=O)O. The molecule has 1 aliphatic heterocycles. The number of aliphatic carboxylic acids is 1. The van der Waals surface area contributed by atoms with Crippen molar-refractivity contribution < 1.29 is 24.6 Å². The fourth-order valence-electron chi connectivity index (χ4n) is 2.42. The van der Waals surface area contributed by atoms with E-state index in [1.165, 1.54) is 24.0 Å². The monoisotopic (exact) mass is 292 g/mol. The molecule has 2 amide bonds. The van der Waals surface area contributed by atoms with Crippen LogP contribution in [0.3, 0.4) is 0 Å². The Morgan fingerprint density at radius 3 is 2.62 bits per heavy atom. The number of nitrogens with two attached hydrogens (primary N) is 1. The van der Waals surface area contributed by atoms with Gasteiger partial charge in [-0.3, -0.25) is 14.4 Å². The van der Waals surface area contributed by atoms with Gasteiger partial charge in [-0.2, -0.15) is 0 Å². The number of phenols is 1. The summed E-state index contributed by atoms with van der Waals surface area (Å²) in [6.45, 7) is 1.49. The Hall–Kier alpha value is -2.57. The molecule has 0 spiro atoms. The number of phenolic OH excluding ortho intramolecular Hbond substituents is 1. The number of aromatic hydroxyl groups is 1. The van der Waals surface area contributed by atoms with Crippen molar-refractivity contribution in [3.63, 3.8) is 0 Å². The van der Waals surface area contributed by atoms with Gasteiger partial charge in [0, 0.05) is 11.1 Å². The van der Waals surface area contributed by atoms with Crippen LogP contribution in [0.4, 0.5) is 0 Å². The van der Waals surface area contributed by atoms with Gasteiger partial charge in [0.25, 0.3) is 5.91 Å². The smallest absolute Gasteiger partial charge is 0.306 e. The zero-order valence-corrected chi connectivity index (χ0v) is 11.4. The maximum Gasteiger partial charge on any atom is 0.306 e. The molecule has 112 valence electrons. The normalized spacial score (nSPS) is 16.4. The van der Waals surface area contributed by atoms with Crippen LogP contribution in [-0.4, -0.2) is 38.9 Å². The van der Waals surface area contributed by atoms with Crippen LogP contribution < -0.4 is 5.73 Å². The van der Waals surface area contributed by atoms with Crippen LogP contribution in [0.25, 0.3) is 0 Å². The summed E-state index contributed by atoms with van der Waals surface area (Å²) in [6, 6.07) is 3.52. The fourth-order valence-corrected chi connectivity index (χ4v) is 2.42. The third-order valence-electron chi connectivity index (χ3n) is 3.67. The van der Waals surface area contributed by atoms with Crippen LogP contribution in [0.1, 0.15) is 29.3 Å². The Morgan fingerprint density at radius 2 is 2.10 bits per heavy atom. The highest BCUT2D eigenvalue weighted by Crippen LogP contribution is 2.32. The number of hydrogen-bond acceptors (Lipinski definition) is 4. The first-order valence-electron chi connectivity index (χ1n) is 6.47. The molecule has 1 heterocycles. The molecule has 0 fully saturated rings. The van der Waals surface area contributed by atoms with Gasteiger partial charge in [-0.25, -0.2) is 0 Å². The van der Waals surface area contributed by atoms with E-state index in [1.807, 2.05) is 0 Å². The van der Waals surface area contributed by atoms with Gasteiger partial charge in [0.1, 0.15) is 11.8 Å². The molecule has 7 nitrogen and oxygen atoms in total. The lowest BCUT2D eigenvalue weighted by molar-refractivity contribution is -0.142. The van der Waals surface area contributed by atoms with E-state index in [-0.39, 0.29) is 18.7 Å². The van der Waals surface area contributed by atoms with E-state index >= 15 is 0 Å². The van der Waals surface area contributed by atoms with E-state index in [0.29, 0.717) is 11.1 Å². The van der Waals surface area contributed by atoms with Crippen molar-refractivity contribution in [1.29, 1.82) is 0 Å². The molecular formula is C14H16N2O5. The van der Waals surface area contributed by atoms with Crippen LogP contribution in [-0.2, 0) is 16.1 Å². The van der Waals surface area contributed by atoms with Crippen LogP contribution in [0.2, 0.25) is 0 Å². The van der Waals surface area contributed by atoms with Crippen LogP contribution >= 0.6 is 0 Å². The second kappa shape index (κ2) is 5.43. The maximum atomic E-state index is 12.3. The summed E-state index contributed by atoms with van der Waals surface area (Å²) < 4.78 is 0. The lowest BCUT2D eigenvalue weighted by Crippen LogP contribution is -2.46. The first-order chi connectivity index (χ1) is 9.82. The van der Waals surface area contributed by atoms with Gasteiger partial charge in [-0.1, -0.05) is 13.0 Å². The highest BCUT2D eigenvalue weighted by atomic mass is 16.4. The third-order valence-corrected chi connectivity index (χ3v) is 3.67. The van der Waals surface area contributed by atoms with E-state index in [4.69, 9.17) is 10.8 Å². The molecule has 0 bridgehead atoms. The fraction of sp³-hybridized carbons (Fsp3) is 0.357. The highest BCUT2D eigenvalue weighted by Gasteiger charge is 2.38. The molecule has 2 rings (SSSR count). The Bertz CT molecular complexity index is 613. The molecule has 1 aliphatic rings. The molecule has 2 unspecified atom stereocenters. The minimum atomic E-state index is -1.06. The van der Waals surface area contributed by atoms with Gasteiger partial charge in [0.15, 0.2) is 0 Å². The van der Waals surface area contributed by atoms with Crippen LogP contribution in [0, 0.1) is 5.92 Å². The van der Waals surface area contributed by atoms with Gasteiger partial charge in [0.05, 0.1) is 12.5 Å². The van der Waals surface area contributed by atoms with Crippen molar-refractivity contribution in [3.8, 4) is 5.75 Å². The van der Waals surface area contributed by atoms with Gasteiger partial charge in [-0.05, 0) is 18.6 Å². The summed E-state index contributed by atoms with van der Waals surface area (Å²) in [6.07, 6.45) is -0.0643. The van der Waals surface area contributed by atoms with Crippen molar-refractivity contribution >= 4 is 17.8 Å². The Kier molecular flexibility index (Phi) is 3.84. The number of nitrogens with zero attached hydrogens (tertiary/aromatic N) is 1. The summed E-state index contributed by atoms with van der Waals surface area (Å²) in [5, 5.41) is 18.7. The van der Waals surface area contributed by atoms with Gasteiger partial charge >= 0.3 is 5.97 Å². The number of benzene rings is 1. The van der Waals surface area contributed by atoms with E-state index in [0.717, 1.165) is 0 Å². The standard InChI is InChI=1S/C14H16N2O5/c1-7(14(20)21)5-10(12(15)18)16-6-9-8(13(16)19)3-2-4-11(9)17/h2-4,7,10,17H,5-6H2,1H3,(H2,15,18)(H,20,21). The van der Waals surface area contributed by atoms with Gasteiger partial charge in [0.2, 0.25) is 5.91 Å². The Balaban J connectivity index is 2.28. The number of primary amides is 1. The molecule has 1 aromatic carbocycles. The molecule has 4 N–H and O–H groups in total. The molecule has 2 atom stereocenters. The lowest BCUT2D eigenvalue weighted by Gasteiger charge is -2.26. The van der Waals surface area contributed by atoms with E-state index in [9.17, 15) is 19.5 Å². The molecule has 0 aromatic heterocycles. The molecule has 0 aliphatic carbocycles. The van der Waals surface area contributed by atoms with Crippen LogP contribution in [0.5, 0.6) is 5.75 Å². The topological polar surface area (TPSA) is 121 Å². The molecule has 0 saturated carbocycles. The summed E-state index contributed by atoms with van der Waals surface area (Å²) in [5.74, 6) is -3.09. The summed E-state index contributed by atoms with van der Waals surface area (Å²) in [5.41, 5.74) is 6.05. The number of fused-ring (bicyclic) bond motifs is 1. The molecule has 7 heteroatoms. The maximum absolute atomic E-state index is 12.3. The first kappa shape index (κ1) is 14.8. The predicted octanol–water partition coefficient (Wildman–Crippen LogP) is 0.313. The average molecular weight is 292 g/mol. The van der Waals surface area contributed by atoms with E-state index < -0.39 is 29.7 Å². The Labute approximate surface area is 121 Å². The summed E-state index contributed by atoms with van der Waals surface area (Å²) in [4.78, 5) is 36.0. The Morgan fingerprint density at radius 1 is 1.43 bits per heavy atom. The summed E-state index contributed by atoms with van der Waals surface area (Å²) >= 11 is 0. The minimum absolute atomic E-state index is 0.0298. The van der Waals surface area contributed by atoms with Crippen molar-refractivity contribution in [2.75, 3.05) is 0 Å². The molecule has 0 saturated heterocycles. The predicted molar refractivity (Wildman–Crippen MR) is 72.4 cm³/mol. The third kappa shape index (κ3) is 2.67. The number of carboxylic acids is 1. The van der Waals surface area contributed by atoms with Gasteiger partial charge < -0.3 is 20.8 Å². The lowest BCUT2D eigenvalue weighted by atomic mass is 10.0. The molecular weight excluding hydrogens is 276 g/mol. The first-order valence-corrected chi connectivity index (χ1v) is 6.47. The van der Waals surface area contributed by atoms with Crippen molar-refractivity contribution in [2.24, 2.45) is 11.7 Å². The largest absolute Gasteiger partial charge is 0.508 e. The summed E-state index contributed by atoms with van der Waals surface area (Å²) in [7, 11) is 0. The number of carbonyl (C=O) groups excluding carboxylic acids is 2. The minimum Gasteiger partial charge on any atom is -0.508 e. The average Bonchev–Trinajstić information content (AvgIpc) is 2.74. The number of amides is 2. The van der Waals surface area contributed by atoms with Crippen molar-refractivity contribution in [2.45, 2.75) is 25.9 Å². The van der Waals surface area contributed by atoms with Gasteiger partial charge in [-0.15, -0.1) is 0 Å². The van der Waals surface area contributed by atoms with E-state index in [2.05, 4.69) is 0 Å². The second-order valence-corrected chi connectivity index (χ2v) is 5.13. The van der Waals surface area contributed by atoms with Crippen molar-refractivity contribution in [1.82, 2.24) is 4.90 Å². The second-order valence-electron chi connectivity index (χ2n) is 5.13. The highest BCUT2D eigenvalue weighted by molar-refractivity contribution is 6.01. The number of hydrogen-bond donors (Lipinski definition) is 3. The molecule has 1 aromatic rings. The zero-order chi connectivity index (χ0) is 15.7. The van der Waals surface area contributed by atoms with Crippen LogP contribution in [0.15, 0.2) is 18.2 Å². The van der Waals surface area contributed by atoms with Crippen molar-refractivity contribution in [3.05, 3.63) is 29.3 Å². The molecule has 0 radical (unpaired) electrons. The quantitative estimate of drug-likeness (QED) is 0.721. The van der Waals surface area contributed by atoms with E-state index in [1.54, 1.807) is 6.07 Å². The zero-order valence-electron chi connectivity index (χ0n) is 11.4. The molecule has 21 heavy (non-hydrogen) atoms. The number of carboxylic acid groups (broad SMARTS) is 1. The number of rotatable bonds is 5.